The largest absolute Gasteiger partial charge is 0.338 e. The van der Waals surface area contributed by atoms with E-state index in [-0.39, 0.29) is 11.9 Å². The molecule has 2 atom stereocenters. The fourth-order valence-electron chi connectivity index (χ4n) is 2.31. The summed E-state index contributed by atoms with van der Waals surface area (Å²) in [5, 5.41) is 1.02. The summed E-state index contributed by atoms with van der Waals surface area (Å²) < 4.78 is -0.920. The Balaban J connectivity index is 2.19. The lowest BCUT2D eigenvalue weighted by Crippen LogP contribution is -2.37. The van der Waals surface area contributed by atoms with Gasteiger partial charge in [-0.1, -0.05) is 0 Å². The summed E-state index contributed by atoms with van der Waals surface area (Å²) in [7, 11) is 1.80. The number of amides is 1. The van der Waals surface area contributed by atoms with Crippen molar-refractivity contribution in [2.24, 2.45) is 5.41 Å². The highest BCUT2D eigenvalue weighted by molar-refractivity contribution is 7.11. The molecular formula is C13H18Cl2N2OS. The molecule has 0 aromatic carbocycles. The molecule has 1 amide bonds. The van der Waals surface area contributed by atoms with E-state index in [0.717, 1.165) is 15.6 Å². The molecule has 0 N–H and O–H groups in total. The molecule has 1 aromatic rings. The highest BCUT2D eigenvalue weighted by Crippen LogP contribution is 2.64. The molecule has 6 heteroatoms. The van der Waals surface area contributed by atoms with Crippen LogP contribution in [0, 0.1) is 19.3 Å². The minimum Gasteiger partial charge on any atom is -0.338 e. The van der Waals surface area contributed by atoms with Gasteiger partial charge in [0, 0.05) is 11.9 Å². The van der Waals surface area contributed by atoms with E-state index in [4.69, 9.17) is 23.2 Å². The molecule has 1 aromatic heterocycles. The second-order valence-electron chi connectivity index (χ2n) is 5.49. The van der Waals surface area contributed by atoms with Crippen LogP contribution in [0.3, 0.4) is 0 Å². The molecular weight excluding hydrogens is 303 g/mol. The van der Waals surface area contributed by atoms with Gasteiger partial charge in [0.15, 0.2) is 0 Å². The predicted octanol–water partition coefficient (Wildman–Crippen LogP) is 3.86. The van der Waals surface area contributed by atoms with Crippen LogP contribution in [0.25, 0.3) is 0 Å². The SMILES string of the molecule is Cc1nc(C)c([C@@H](C)N(C)C(=O)[C@]2(C)CC2(Cl)Cl)s1. The van der Waals surface area contributed by atoms with Gasteiger partial charge in [0.2, 0.25) is 5.91 Å². The van der Waals surface area contributed by atoms with E-state index in [9.17, 15) is 4.79 Å². The minimum absolute atomic E-state index is 0.00421. The van der Waals surface area contributed by atoms with Crippen molar-refractivity contribution in [3.63, 3.8) is 0 Å². The van der Waals surface area contributed by atoms with Gasteiger partial charge < -0.3 is 4.90 Å². The second-order valence-corrected chi connectivity index (χ2v) is 8.21. The Kier molecular flexibility index (Phi) is 3.65. The first-order valence-corrected chi connectivity index (χ1v) is 7.76. The van der Waals surface area contributed by atoms with Crippen LogP contribution in [0.5, 0.6) is 0 Å². The number of alkyl halides is 2. The Morgan fingerprint density at radius 2 is 2.00 bits per heavy atom. The topological polar surface area (TPSA) is 33.2 Å². The van der Waals surface area contributed by atoms with Gasteiger partial charge in [-0.05, 0) is 34.1 Å². The summed E-state index contributed by atoms with van der Waals surface area (Å²) in [6.07, 6.45) is 0.514. The van der Waals surface area contributed by atoms with E-state index in [2.05, 4.69) is 4.98 Å². The normalized spacial score (nSPS) is 26.1. The van der Waals surface area contributed by atoms with Crippen LogP contribution >= 0.6 is 34.5 Å². The quantitative estimate of drug-likeness (QED) is 0.792. The molecule has 1 fully saturated rings. The number of carbonyl (C=O) groups is 1. The minimum atomic E-state index is -0.920. The van der Waals surface area contributed by atoms with Crippen molar-refractivity contribution >= 4 is 40.4 Å². The number of hydrogen-bond acceptors (Lipinski definition) is 3. The van der Waals surface area contributed by atoms with Crippen molar-refractivity contribution in [1.82, 2.24) is 9.88 Å². The lowest BCUT2D eigenvalue weighted by molar-refractivity contribution is -0.137. The monoisotopic (exact) mass is 320 g/mol. The molecule has 106 valence electrons. The molecule has 1 aliphatic carbocycles. The summed E-state index contributed by atoms with van der Waals surface area (Å²) in [5.74, 6) is -0.00421. The molecule has 2 rings (SSSR count). The van der Waals surface area contributed by atoms with Crippen LogP contribution in [-0.4, -0.2) is 27.2 Å². The summed E-state index contributed by atoms with van der Waals surface area (Å²) >= 11 is 13.8. The Labute approximate surface area is 127 Å². The van der Waals surface area contributed by atoms with E-state index < -0.39 is 9.75 Å². The van der Waals surface area contributed by atoms with Crippen LogP contribution < -0.4 is 0 Å². The lowest BCUT2D eigenvalue weighted by atomic mass is 10.1. The highest BCUT2D eigenvalue weighted by atomic mass is 35.5. The fraction of sp³-hybridized carbons (Fsp3) is 0.692. The van der Waals surface area contributed by atoms with Crippen molar-refractivity contribution in [1.29, 1.82) is 0 Å². The van der Waals surface area contributed by atoms with Crippen LogP contribution in [0.15, 0.2) is 0 Å². The van der Waals surface area contributed by atoms with E-state index in [1.54, 1.807) is 23.3 Å². The van der Waals surface area contributed by atoms with Crippen molar-refractivity contribution in [3.8, 4) is 0 Å². The summed E-state index contributed by atoms with van der Waals surface area (Å²) in [4.78, 5) is 19.8. The molecule has 0 unspecified atom stereocenters. The molecule has 0 bridgehead atoms. The van der Waals surface area contributed by atoms with Gasteiger partial charge in [0.1, 0.15) is 4.33 Å². The Morgan fingerprint density at radius 1 is 1.47 bits per heavy atom. The molecule has 0 radical (unpaired) electrons. The zero-order chi connectivity index (χ0) is 14.6. The maximum absolute atomic E-state index is 12.5. The van der Waals surface area contributed by atoms with Crippen LogP contribution in [0.1, 0.15) is 41.9 Å². The van der Waals surface area contributed by atoms with Gasteiger partial charge in [-0.2, -0.15) is 0 Å². The Morgan fingerprint density at radius 3 is 2.37 bits per heavy atom. The number of rotatable bonds is 3. The number of carbonyl (C=O) groups excluding carboxylic acids is 1. The molecule has 1 saturated carbocycles. The number of aryl methyl sites for hydroxylation is 2. The molecule has 0 aliphatic heterocycles. The Hall–Kier alpha value is -0.320. The summed E-state index contributed by atoms with van der Waals surface area (Å²) in [6.45, 7) is 7.78. The van der Waals surface area contributed by atoms with Gasteiger partial charge in [-0.15, -0.1) is 34.5 Å². The molecule has 1 aliphatic rings. The molecule has 1 heterocycles. The van der Waals surface area contributed by atoms with Gasteiger partial charge >= 0.3 is 0 Å². The van der Waals surface area contributed by atoms with E-state index >= 15 is 0 Å². The molecule has 3 nitrogen and oxygen atoms in total. The van der Waals surface area contributed by atoms with Crippen molar-refractivity contribution in [2.75, 3.05) is 7.05 Å². The first-order valence-electron chi connectivity index (χ1n) is 6.19. The van der Waals surface area contributed by atoms with Crippen LogP contribution in [0.2, 0.25) is 0 Å². The summed E-state index contributed by atoms with van der Waals surface area (Å²) in [6, 6.07) is -0.0136. The van der Waals surface area contributed by atoms with Gasteiger partial charge in [0.25, 0.3) is 0 Å². The zero-order valence-electron chi connectivity index (χ0n) is 11.8. The fourth-order valence-corrected chi connectivity index (χ4v) is 4.03. The third-order valence-electron chi connectivity index (χ3n) is 3.95. The zero-order valence-corrected chi connectivity index (χ0v) is 14.1. The number of nitrogens with zero attached hydrogens (tertiary/aromatic N) is 2. The maximum atomic E-state index is 12.5. The van der Waals surface area contributed by atoms with E-state index in [1.165, 1.54) is 0 Å². The molecule has 19 heavy (non-hydrogen) atoms. The third-order valence-corrected chi connectivity index (χ3v) is 6.29. The van der Waals surface area contributed by atoms with Crippen molar-refractivity contribution < 1.29 is 4.79 Å². The van der Waals surface area contributed by atoms with Crippen molar-refractivity contribution in [2.45, 2.75) is 44.5 Å². The predicted molar refractivity (Wildman–Crippen MR) is 79.9 cm³/mol. The maximum Gasteiger partial charge on any atom is 0.231 e. The van der Waals surface area contributed by atoms with Gasteiger partial charge in [-0.3, -0.25) is 4.79 Å². The first-order chi connectivity index (χ1) is 8.60. The summed E-state index contributed by atoms with van der Waals surface area (Å²) in [5.41, 5.74) is 0.325. The average molecular weight is 321 g/mol. The van der Waals surface area contributed by atoms with E-state index in [0.29, 0.717) is 6.42 Å². The number of thiazole rings is 1. The Bertz CT molecular complexity index is 529. The highest BCUT2D eigenvalue weighted by Gasteiger charge is 2.68. The number of hydrogen-bond donors (Lipinski definition) is 0. The second kappa shape index (κ2) is 4.61. The van der Waals surface area contributed by atoms with E-state index in [1.807, 2.05) is 27.7 Å². The number of halogens is 2. The van der Waals surface area contributed by atoms with Gasteiger partial charge in [0.05, 0.1) is 22.2 Å². The molecule has 0 saturated heterocycles. The standard InChI is InChI=1S/C13H18Cl2N2OS/c1-7-10(19-9(3)16-7)8(2)17(5)11(18)12(4)6-13(12,14)15/h8H,6H2,1-5H3/t8-,12+/m1/s1. The average Bonchev–Trinajstić information content (AvgIpc) is 2.64. The first kappa shape index (κ1) is 15.1. The third kappa shape index (κ3) is 2.39. The van der Waals surface area contributed by atoms with Crippen LogP contribution in [0.4, 0.5) is 0 Å². The lowest BCUT2D eigenvalue weighted by Gasteiger charge is -2.28. The number of aromatic nitrogens is 1. The van der Waals surface area contributed by atoms with Crippen LogP contribution in [-0.2, 0) is 4.79 Å². The van der Waals surface area contributed by atoms with Crippen molar-refractivity contribution in [3.05, 3.63) is 15.6 Å². The van der Waals surface area contributed by atoms with Gasteiger partial charge in [-0.25, -0.2) is 4.98 Å². The molecule has 0 spiro atoms. The smallest absolute Gasteiger partial charge is 0.231 e.